The van der Waals surface area contributed by atoms with Gasteiger partial charge in [0.1, 0.15) is 23.6 Å². The number of aryl methyl sites for hydroxylation is 1. The lowest BCUT2D eigenvalue weighted by atomic mass is 10.0. The maximum Gasteiger partial charge on any atom is 0.223 e. The van der Waals surface area contributed by atoms with E-state index in [1.54, 1.807) is 31.5 Å². The van der Waals surface area contributed by atoms with Crippen LogP contribution in [0, 0.1) is 0 Å². The highest BCUT2D eigenvalue weighted by atomic mass is 32.2. The molecule has 3 aromatic carbocycles. The number of nitrogens with one attached hydrogen (secondary N) is 1. The van der Waals surface area contributed by atoms with Crippen LogP contribution in [0.25, 0.3) is 10.8 Å². The van der Waals surface area contributed by atoms with Gasteiger partial charge in [-0.1, -0.05) is 43.3 Å². The number of methoxy groups -OCH3 is 2. The molecule has 4 aromatic rings. The van der Waals surface area contributed by atoms with Crippen molar-refractivity contribution in [1.29, 1.82) is 0 Å². The van der Waals surface area contributed by atoms with E-state index in [2.05, 4.69) is 22.0 Å². The molecule has 0 saturated carbocycles. The van der Waals surface area contributed by atoms with Crippen molar-refractivity contribution < 1.29 is 23.2 Å². The van der Waals surface area contributed by atoms with Gasteiger partial charge in [0.25, 0.3) is 0 Å². The van der Waals surface area contributed by atoms with Crippen LogP contribution >= 0.6 is 0 Å². The molecule has 194 valence electrons. The molecule has 0 fully saturated rings. The first-order valence-corrected chi connectivity index (χ1v) is 13.6. The van der Waals surface area contributed by atoms with Gasteiger partial charge in [0.05, 0.1) is 26.0 Å². The van der Waals surface area contributed by atoms with Crippen molar-refractivity contribution in [3.63, 3.8) is 0 Å². The zero-order valence-corrected chi connectivity index (χ0v) is 22.4. The molecule has 4 rings (SSSR count). The summed E-state index contributed by atoms with van der Waals surface area (Å²) in [5.74, 6) is 1.01. The Morgan fingerprint density at radius 3 is 2.49 bits per heavy atom. The zero-order valence-electron chi connectivity index (χ0n) is 21.6. The summed E-state index contributed by atoms with van der Waals surface area (Å²) in [7, 11) is 2.15. The Kier molecular flexibility index (Phi) is 7.73. The third-order valence-electron chi connectivity index (χ3n) is 6.19. The number of carbonyl (C=O) groups excluding carboxylic acids is 1. The van der Waals surface area contributed by atoms with E-state index in [-0.39, 0.29) is 29.3 Å². The molecule has 37 heavy (non-hydrogen) atoms. The van der Waals surface area contributed by atoms with Crippen LogP contribution in [0.1, 0.15) is 35.3 Å². The first kappa shape index (κ1) is 26.1. The van der Waals surface area contributed by atoms with Crippen molar-refractivity contribution in [2.24, 2.45) is 7.05 Å². The maximum atomic E-state index is 13.7. The quantitative estimate of drug-likeness (QED) is 0.237. The van der Waals surface area contributed by atoms with Gasteiger partial charge >= 0.3 is 0 Å². The fourth-order valence-corrected chi connectivity index (χ4v) is 5.21. The Bertz CT molecular complexity index is 1570. The van der Waals surface area contributed by atoms with Crippen LogP contribution in [0.15, 0.2) is 60.8 Å². The molecule has 1 N–H and O–H groups in total. The predicted octanol–water partition coefficient (Wildman–Crippen LogP) is 4.85. The third-order valence-corrected chi connectivity index (χ3v) is 8.36. The van der Waals surface area contributed by atoms with Crippen LogP contribution < -0.4 is 18.9 Å². The van der Waals surface area contributed by atoms with Crippen molar-refractivity contribution in [2.75, 3.05) is 24.7 Å². The van der Waals surface area contributed by atoms with Crippen LogP contribution in [0.3, 0.4) is 0 Å². The van der Waals surface area contributed by atoms with E-state index in [9.17, 15) is 9.00 Å². The van der Waals surface area contributed by atoms with E-state index >= 15 is 0 Å². The molecule has 0 aliphatic rings. The highest BCUT2D eigenvalue weighted by molar-refractivity contribution is 8.02. The van der Waals surface area contributed by atoms with Crippen LogP contribution in [0.5, 0.6) is 17.4 Å². The monoisotopic (exact) mass is 521 g/mol. The number of nitrogens with zero attached hydrogens (tertiary/aromatic N) is 2. The number of hydrogen-bond acceptors (Lipinski definition) is 6. The molecule has 8 nitrogen and oxygen atoms in total. The maximum absolute atomic E-state index is 13.7. The molecule has 0 spiro atoms. The number of rotatable bonds is 10. The van der Waals surface area contributed by atoms with Gasteiger partial charge in [0.2, 0.25) is 11.7 Å². The predicted molar refractivity (Wildman–Crippen MR) is 149 cm³/mol. The van der Waals surface area contributed by atoms with Crippen LogP contribution in [-0.2, 0) is 23.4 Å². The number of carbonyl (C=O) groups is 1. The molecule has 0 saturated heterocycles. The molecule has 1 heterocycles. The van der Waals surface area contributed by atoms with E-state index < -0.39 is 9.71 Å². The highest BCUT2D eigenvalue weighted by Gasteiger charge is 2.26. The minimum Gasteiger partial charge on any atom is -0.494 e. The number of ether oxygens (including phenoxy) is 3. The van der Waals surface area contributed by atoms with Gasteiger partial charge < -0.3 is 18.9 Å². The van der Waals surface area contributed by atoms with Gasteiger partial charge in [-0.15, -0.1) is 0 Å². The summed E-state index contributed by atoms with van der Waals surface area (Å²) < 4.78 is 34.9. The topological polar surface area (TPSA) is 91.7 Å². The SMILES string of the molecule is CC=S(=O)(CC)Nc1c(OC)ccc(C(=O)c2cnn(C)c2OCc2ccc3ccccc3c2)c1OC. The summed E-state index contributed by atoms with van der Waals surface area (Å²) in [5.41, 5.74) is 1.87. The first-order chi connectivity index (χ1) is 17.8. The number of benzene rings is 3. The summed E-state index contributed by atoms with van der Waals surface area (Å²) >= 11 is 0. The number of fused-ring (bicyclic) bond motifs is 1. The molecule has 1 atom stereocenters. The van der Waals surface area contributed by atoms with Crippen LogP contribution in [0.2, 0.25) is 0 Å². The van der Waals surface area contributed by atoms with Crippen LogP contribution in [-0.4, -0.2) is 45.1 Å². The summed E-state index contributed by atoms with van der Waals surface area (Å²) in [6.45, 7) is 3.81. The van der Waals surface area contributed by atoms with Crippen molar-refractivity contribution in [1.82, 2.24) is 9.78 Å². The zero-order chi connectivity index (χ0) is 26.6. The smallest absolute Gasteiger partial charge is 0.223 e. The summed E-state index contributed by atoms with van der Waals surface area (Å²) in [4.78, 5) is 13.7. The Hall–Kier alpha value is -3.98. The standard InChI is InChI=1S/C28H31N3O5S/c1-6-37(33,7-2)30-25-24(34-4)15-14-22(27(25)35-5)26(32)23-17-29-31(3)28(23)36-18-19-12-13-20-10-8-9-11-21(20)16-19/h6,8-17H,7,18H2,1-5H3,(H,30,33). The molecule has 0 radical (unpaired) electrons. The second kappa shape index (κ2) is 11.0. The fraction of sp³-hybridized carbons (Fsp3) is 0.250. The lowest BCUT2D eigenvalue weighted by Crippen LogP contribution is -2.19. The normalized spacial score (nSPS) is 12.6. The molecule has 1 aromatic heterocycles. The van der Waals surface area contributed by atoms with Gasteiger partial charge in [-0.2, -0.15) is 5.10 Å². The lowest BCUT2D eigenvalue weighted by molar-refractivity contribution is 0.103. The van der Waals surface area contributed by atoms with Gasteiger partial charge in [-0.25, -0.2) is 8.89 Å². The molecular formula is C28H31N3O5S. The van der Waals surface area contributed by atoms with E-state index in [0.29, 0.717) is 23.1 Å². The fourth-order valence-electron chi connectivity index (χ4n) is 4.07. The second-order valence-corrected chi connectivity index (χ2v) is 11.1. The van der Waals surface area contributed by atoms with E-state index in [1.807, 2.05) is 37.3 Å². The summed E-state index contributed by atoms with van der Waals surface area (Å²) in [6.07, 6.45) is 1.48. The summed E-state index contributed by atoms with van der Waals surface area (Å²) in [5, 5.41) is 8.13. The van der Waals surface area contributed by atoms with Gasteiger partial charge in [-0.05, 0) is 46.8 Å². The van der Waals surface area contributed by atoms with Gasteiger partial charge in [0.15, 0.2) is 5.75 Å². The van der Waals surface area contributed by atoms with Gasteiger partial charge in [-0.3, -0.25) is 4.79 Å². The molecule has 0 amide bonds. The van der Waals surface area contributed by atoms with E-state index in [4.69, 9.17) is 14.2 Å². The average molecular weight is 522 g/mol. The Labute approximate surface area is 217 Å². The molecule has 1 unspecified atom stereocenters. The Balaban J connectivity index is 1.68. The largest absolute Gasteiger partial charge is 0.494 e. The van der Waals surface area contributed by atoms with Crippen molar-refractivity contribution in [3.8, 4) is 17.4 Å². The van der Waals surface area contributed by atoms with Gasteiger partial charge in [0, 0.05) is 22.5 Å². The molecular weight excluding hydrogens is 490 g/mol. The van der Waals surface area contributed by atoms with E-state index in [1.165, 1.54) is 25.1 Å². The third kappa shape index (κ3) is 5.27. The number of ketones is 1. The van der Waals surface area contributed by atoms with Crippen molar-refractivity contribution >= 4 is 37.3 Å². The Morgan fingerprint density at radius 1 is 1.05 bits per heavy atom. The number of anilines is 1. The highest BCUT2D eigenvalue weighted by Crippen LogP contribution is 2.40. The molecule has 9 heteroatoms. The average Bonchev–Trinajstić information content (AvgIpc) is 3.30. The minimum absolute atomic E-state index is 0.233. The van der Waals surface area contributed by atoms with Crippen molar-refractivity contribution in [2.45, 2.75) is 20.5 Å². The molecule has 0 aliphatic carbocycles. The van der Waals surface area contributed by atoms with Crippen molar-refractivity contribution in [3.05, 3.63) is 77.5 Å². The lowest BCUT2D eigenvalue weighted by Gasteiger charge is -2.20. The summed E-state index contributed by atoms with van der Waals surface area (Å²) in [6, 6.07) is 17.5. The first-order valence-electron chi connectivity index (χ1n) is 11.8. The van der Waals surface area contributed by atoms with Crippen LogP contribution in [0.4, 0.5) is 5.69 Å². The minimum atomic E-state index is -2.54. The number of hydrogen-bond donors (Lipinski definition) is 1. The molecule has 0 bridgehead atoms. The molecule has 0 aliphatic heterocycles. The van der Waals surface area contributed by atoms with E-state index in [0.717, 1.165) is 16.3 Å². The number of aromatic nitrogens is 2. The second-order valence-electron chi connectivity index (χ2n) is 8.36. The Morgan fingerprint density at radius 2 is 1.81 bits per heavy atom.